The number of hydrazine groups is 1. The quantitative estimate of drug-likeness (QED) is 0.609. The van der Waals surface area contributed by atoms with Gasteiger partial charge in [0.25, 0.3) is 0 Å². The molecule has 1 aliphatic heterocycles. The molecule has 0 aromatic rings. The second kappa shape index (κ2) is 4.77. The Balaban J connectivity index is 2.36. The number of ether oxygens (including phenoxy) is 2. The van der Waals surface area contributed by atoms with Gasteiger partial charge in [-0.3, -0.25) is 5.84 Å². The Morgan fingerprint density at radius 1 is 1.17 bits per heavy atom. The van der Waals surface area contributed by atoms with Crippen LogP contribution in [-0.2, 0) is 9.47 Å². The largest absolute Gasteiger partial charge is 0.374 e. The van der Waals surface area contributed by atoms with Gasteiger partial charge in [0.1, 0.15) is 0 Å². The summed E-state index contributed by atoms with van der Waals surface area (Å²) in [6.45, 7) is 6.98. The Morgan fingerprint density at radius 2 is 1.58 bits per heavy atom. The van der Waals surface area contributed by atoms with Crippen molar-refractivity contribution in [3.8, 4) is 0 Å². The Hall–Kier alpha value is -0.160. The number of hydrogen-bond acceptors (Lipinski definition) is 4. The molecule has 0 radical (unpaired) electrons. The van der Waals surface area contributed by atoms with Gasteiger partial charge in [-0.05, 0) is 13.8 Å². The van der Waals surface area contributed by atoms with Crippen molar-refractivity contribution in [3.63, 3.8) is 0 Å². The van der Waals surface area contributed by atoms with Crippen molar-refractivity contribution < 1.29 is 9.47 Å². The summed E-state index contributed by atoms with van der Waals surface area (Å²) in [6, 6.07) is 0. The van der Waals surface area contributed by atoms with Crippen molar-refractivity contribution in [2.45, 2.75) is 26.1 Å². The van der Waals surface area contributed by atoms with E-state index < -0.39 is 0 Å². The van der Waals surface area contributed by atoms with Gasteiger partial charge in [0.2, 0.25) is 0 Å². The number of nitrogens with two attached hydrogens (primary N) is 1. The minimum Gasteiger partial charge on any atom is -0.374 e. The van der Waals surface area contributed by atoms with Gasteiger partial charge in [-0.1, -0.05) is 0 Å². The SMILES string of the molecule is CCOC1CN(N)CC1OCC. The molecule has 0 aromatic carbocycles. The molecule has 72 valence electrons. The van der Waals surface area contributed by atoms with Crippen molar-refractivity contribution in [1.29, 1.82) is 0 Å². The van der Waals surface area contributed by atoms with E-state index in [1.807, 2.05) is 13.8 Å². The van der Waals surface area contributed by atoms with Crippen LogP contribution in [0.4, 0.5) is 0 Å². The van der Waals surface area contributed by atoms with E-state index in [-0.39, 0.29) is 12.2 Å². The highest BCUT2D eigenvalue weighted by molar-refractivity contribution is 4.83. The van der Waals surface area contributed by atoms with Gasteiger partial charge in [0, 0.05) is 26.3 Å². The van der Waals surface area contributed by atoms with E-state index in [2.05, 4.69) is 0 Å². The molecule has 1 rings (SSSR count). The monoisotopic (exact) mass is 174 g/mol. The van der Waals surface area contributed by atoms with Gasteiger partial charge in [-0.2, -0.15) is 0 Å². The van der Waals surface area contributed by atoms with E-state index >= 15 is 0 Å². The fraction of sp³-hybridized carbons (Fsp3) is 1.00. The van der Waals surface area contributed by atoms with Crippen molar-refractivity contribution in [2.75, 3.05) is 26.3 Å². The molecule has 2 unspecified atom stereocenters. The number of rotatable bonds is 4. The van der Waals surface area contributed by atoms with Crippen LogP contribution >= 0.6 is 0 Å². The summed E-state index contributed by atoms with van der Waals surface area (Å²) in [5.74, 6) is 5.65. The lowest BCUT2D eigenvalue weighted by molar-refractivity contribution is -0.0388. The van der Waals surface area contributed by atoms with Gasteiger partial charge < -0.3 is 9.47 Å². The van der Waals surface area contributed by atoms with Crippen LogP contribution in [0.15, 0.2) is 0 Å². The van der Waals surface area contributed by atoms with Crippen LogP contribution in [0, 0.1) is 0 Å². The summed E-state index contributed by atoms with van der Waals surface area (Å²) in [5, 5.41) is 1.75. The van der Waals surface area contributed by atoms with Crippen molar-refractivity contribution in [2.24, 2.45) is 5.84 Å². The zero-order valence-corrected chi connectivity index (χ0v) is 7.82. The van der Waals surface area contributed by atoms with Gasteiger partial charge in [-0.15, -0.1) is 0 Å². The number of hydrogen-bond donors (Lipinski definition) is 1. The molecule has 2 N–H and O–H groups in total. The molecule has 0 saturated carbocycles. The van der Waals surface area contributed by atoms with Crippen LogP contribution in [0.3, 0.4) is 0 Å². The predicted octanol–water partition coefficient (Wildman–Crippen LogP) is -0.0141. The van der Waals surface area contributed by atoms with E-state index in [1.165, 1.54) is 0 Å². The summed E-state index contributed by atoms with van der Waals surface area (Å²) < 4.78 is 11.0. The molecule has 0 amide bonds. The normalized spacial score (nSPS) is 31.2. The highest BCUT2D eigenvalue weighted by Crippen LogP contribution is 2.13. The minimum absolute atomic E-state index is 0.153. The van der Waals surface area contributed by atoms with Crippen LogP contribution in [0.25, 0.3) is 0 Å². The molecule has 0 bridgehead atoms. The van der Waals surface area contributed by atoms with Crippen molar-refractivity contribution in [1.82, 2.24) is 5.01 Å². The topological polar surface area (TPSA) is 47.7 Å². The maximum Gasteiger partial charge on any atom is 0.0990 e. The van der Waals surface area contributed by atoms with Crippen LogP contribution in [0.5, 0.6) is 0 Å². The Bertz CT molecular complexity index is 118. The van der Waals surface area contributed by atoms with E-state index in [0.29, 0.717) is 0 Å². The summed E-state index contributed by atoms with van der Waals surface area (Å²) in [4.78, 5) is 0. The van der Waals surface area contributed by atoms with Crippen LogP contribution in [0.1, 0.15) is 13.8 Å². The lowest BCUT2D eigenvalue weighted by Gasteiger charge is -2.17. The summed E-state index contributed by atoms with van der Waals surface area (Å²) >= 11 is 0. The average molecular weight is 174 g/mol. The smallest absolute Gasteiger partial charge is 0.0990 e. The second-order valence-corrected chi connectivity index (χ2v) is 2.94. The average Bonchev–Trinajstić information content (AvgIpc) is 2.33. The lowest BCUT2D eigenvalue weighted by atomic mass is 10.2. The third-order valence-corrected chi connectivity index (χ3v) is 2.01. The molecule has 1 aliphatic rings. The third-order valence-electron chi connectivity index (χ3n) is 2.01. The van der Waals surface area contributed by atoms with Crippen molar-refractivity contribution in [3.05, 3.63) is 0 Å². The molecule has 4 heteroatoms. The van der Waals surface area contributed by atoms with E-state index in [0.717, 1.165) is 26.3 Å². The molecule has 12 heavy (non-hydrogen) atoms. The lowest BCUT2D eigenvalue weighted by Crippen LogP contribution is -2.29. The summed E-state index contributed by atoms with van der Waals surface area (Å²) in [6.07, 6.45) is 0.305. The summed E-state index contributed by atoms with van der Waals surface area (Å²) in [5.41, 5.74) is 0. The maximum absolute atomic E-state index is 5.65. The van der Waals surface area contributed by atoms with E-state index in [9.17, 15) is 0 Å². The maximum atomic E-state index is 5.65. The van der Waals surface area contributed by atoms with Crippen LogP contribution < -0.4 is 5.84 Å². The first-order valence-electron chi connectivity index (χ1n) is 4.50. The molecule has 1 fully saturated rings. The fourth-order valence-corrected chi connectivity index (χ4v) is 1.52. The summed E-state index contributed by atoms with van der Waals surface area (Å²) in [7, 11) is 0. The second-order valence-electron chi connectivity index (χ2n) is 2.94. The molecule has 4 nitrogen and oxygen atoms in total. The number of nitrogens with zero attached hydrogens (tertiary/aromatic N) is 1. The van der Waals surface area contributed by atoms with Gasteiger partial charge in [0.05, 0.1) is 12.2 Å². The molecule has 2 atom stereocenters. The molecule has 0 aromatic heterocycles. The molecule has 0 aliphatic carbocycles. The fourth-order valence-electron chi connectivity index (χ4n) is 1.52. The zero-order valence-electron chi connectivity index (χ0n) is 7.82. The first kappa shape index (κ1) is 9.92. The molecule has 1 saturated heterocycles. The predicted molar refractivity (Wildman–Crippen MR) is 46.6 cm³/mol. The zero-order chi connectivity index (χ0) is 8.97. The Morgan fingerprint density at radius 3 is 1.92 bits per heavy atom. The Labute approximate surface area is 73.6 Å². The molecule has 1 heterocycles. The standard InChI is InChI=1S/C8H18N2O2/c1-3-11-7-5-10(9)6-8(7)12-4-2/h7-8H,3-6,9H2,1-2H3. The van der Waals surface area contributed by atoms with E-state index in [1.54, 1.807) is 5.01 Å². The minimum atomic E-state index is 0.153. The highest BCUT2D eigenvalue weighted by atomic mass is 16.5. The Kier molecular flexibility index (Phi) is 3.94. The molecular weight excluding hydrogens is 156 g/mol. The van der Waals surface area contributed by atoms with Crippen LogP contribution in [0.2, 0.25) is 0 Å². The first-order valence-corrected chi connectivity index (χ1v) is 4.50. The third kappa shape index (κ3) is 2.42. The molecular formula is C8H18N2O2. The van der Waals surface area contributed by atoms with E-state index in [4.69, 9.17) is 15.3 Å². The first-order chi connectivity index (χ1) is 5.77. The van der Waals surface area contributed by atoms with Gasteiger partial charge in [0.15, 0.2) is 0 Å². The van der Waals surface area contributed by atoms with Crippen molar-refractivity contribution >= 4 is 0 Å². The molecule has 0 spiro atoms. The highest BCUT2D eigenvalue weighted by Gasteiger charge is 2.32. The van der Waals surface area contributed by atoms with Crippen LogP contribution in [-0.4, -0.2) is 43.5 Å². The van der Waals surface area contributed by atoms with Gasteiger partial charge >= 0.3 is 0 Å². The van der Waals surface area contributed by atoms with Gasteiger partial charge in [-0.25, -0.2) is 5.01 Å².